The predicted octanol–water partition coefficient (Wildman–Crippen LogP) is -1.07. The summed E-state index contributed by atoms with van der Waals surface area (Å²) in [7, 11) is 0. The summed E-state index contributed by atoms with van der Waals surface area (Å²) in [5, 5.41) is 17.5. The van der Waals surface area contributed by atoms with Crippen LogP contribution in [0.5, 0.6) is 0 Å². The van der Waals surface area contributed by atoms with E-state index in [1.807, 2.05) is 6.07 Å². The Morgan fingerprint density at radius 1 is 0.846 bits per heavy atom. The first-order valence-corrected chi connectivity index (χ1v) is 13.1. The lowest BCUT2D eigenvalue weighted by Crippen LogP contribution is -2.58. The molecule has 1 rings (SSSR count). The Labute approximate surface area is 229 Å². The second kappa shape index (κ2) is 17.7. The molecule has 3 amide bonds. The van der Waals surface area contributed by atoms with Crippen LogP contribution in [-0.4, -0.2) is 72.0 Å². The van der Waals surface area contributed by atoms with Crippen molar-refractivity contribution in [2.75, 3.05) is 13.1 Å². The molecule has 218 valence electrons. The van der Waals surface area contributed by atoms with E-state index in [9.17, 15) is 24.3 Å². The average Bonchev–Trinajstić information content (AvgIpc) is 2.88. The molecule has 4 unspecified atom stereocenters. The van der Waals surface area contributed by atoms with Crippen molar-refractivity contribution in [3.63, 3.8) is 0 Å². The average molecular weight is 549 g/mol. The second-order valence-corrected chi connectivity index (χ2v) is 9.71. The van der Waals surface area contributed by atoms with Gasteiger partial charge in [0.2, 0.25) is 17.7 Å². The summed E-state index contributed by atoms with van der Waals surface area (Å²) < 4.78 is 0. The number of nitrogens with zero attached hydrogens (tertiary/aromatic N) is 1. The highest BCUT2D eigenvalue weighted by Crippen LogP contribution is 2.08. The van der Waals surface area contributed by atoms with Crippen LogP contribution in [0, 0.1) is 5.92 Å². The van der Waals surface area contributed by atoms with Gasteiger partial charge < -0.3 is 44.0 Å². The fraction of sp³-hybridized carbons (Fsp3) is 0.577. The number of rotatable bonds is 18. The molecule has 0 fully saturated rings. The number of nitrogens with one attached hydrogen (secondary N) is 3. The van der Waals surface area contributed by atoms with E-state index < -0.39 is 47.9 Å². The Morgan fingerprint density at radius 2 is 1.41 bits per heavy atom. The number of aliphatic imine (C=N–C) groups is 1. The molecule has 1 aromatic rings. The van der Waals surface area contributed by atoms with E-state index in [1.54, 1.807) is 38.1 Å². The summed E-state index contributed by atoms with van der Waals surface area (Å²) in [6, 6.07) is 4.86. The smallest absolute Gasteiger partial charge is 0.326 e. The third-order valence-corrected chi connectivity index (χ3v) is 6.08. The monoisotopic (exact) mass is 548 g/mol. The highest BCUT2D eigenvalue weighted by Gasteiger charge is 2.30. The summed E-state index contributed by atoms with van der Waals surface area (Å²) >= 11 is 0. The van der Waals surface area contributed by atoms with E-state index in [0.29, 0.717) is 25.8 Å². The van der Waals surface area contributed by atoms with Gasteiger partial charge in [-0.15, -0.1) is 0 Å². The van der Waals surface area contributed by atoms with E-state index in [1.165, 1.54) is 0 Å². The molecule has 1 aromatic carbocycles. The standard InChI is InChI=1S/C26H44N8O5/c1-16(2)21(28)24(37)32-18(12-8-14-31-26(29)30)22(35)34-20(15-17-9-4-3-5-10-17)23(36)33-19(25(38)39)11-6-7-13-27/h3-5,9-10,16,18-21H,6-8,11-15,27-28H2,1-2H3,(H,32,37)(H,33,36)(H,34,35)(H,38,39)(H4,29,30,31). The molecule has 0 saturated heterocycles. The van der Waals surface area contributed by atoms with Gasteiger partial charge in [0.15, 0.2) is 5.96 Å². The molecule has 0 aliphatic carbocycles. The molecule has 13 nitrogen and oxygen atoms in total. The van der Waals surface area contributed by atoms with Crippen LogP contribution in [-0.2, 0) is 25.6 Å². The van der Waals surface area contributed by atoms with Gasteiger partial charge in [-0.3, -0.25) is 19.4 Å². The fourth-order valence-corrected chi connectivity index (χ4v) is 3.70. The molecular weight excluding hydrogens is 504 g/mol. The van der Waals surface area contributed by atoms with Gasteiger partial charge in [-0.05, 0) is 50.1 Å². The van der Waals surface area contributed by atoms with Crippen molar-refractivity contribution < 1.29 is 24.3 Å². The number of guanidine groups is 1. The van der Waals surface area contributed by atoms with Crippen molar-refractivity contribution >= 4 is 29.7 Å². The van der Waals surface area contributed by atoms with Gasteiger partial charge in [0.25, 0.3) is 0 Å². The van der Waals surface area contributed by atoms with Crippen LogP contribution in [0.25, 0.3) is 0 Å². The van der Waals surface area contributed by atoms with Crippen LogP contribution in [0.4, 0.5) is 0 Å². The first-order chi connectivity index (χ1) is 18.5. The zero-order valence-electron chi connectivity index (χ0n) is 22.8. The molecule has 13 heteroatoms. The lowest BCUT2D eigenvalue weighted by molar-refractivity contribution is -0.142. The minimum Gasteiger partial charge on any atom is -0.480 e. The van der Waals surface area contributed by atoms with Crippen LogP contribution >= 0.6 is 0 Å². The molecule has 0 aliphatic heterocycles. The van der Waals surface area contributed by atoms with Crippen LogP contribution in [0.1, 0.15) is 51.5 Å². The van der Waals surface area contributed by atoms with Crippen LogP contribution < -0.4 is 38.9 Å². The molecule has 4 atom stereocenters. The van der Waals surface area contributed by atoms with Gasteiger partial charge in [0.05, 0.1) is 6.04 Å². The Kier molecular flexibility index (Phi) is 15.2. The third kappa shape index (κ3) is 13.1. The third-order valence-electron chi connectivity index (χ3n) is 6.08. The van der Waals surface area contributed by atoms with E-state index in [-0.39, 0.29) is 37.7 Å². The van der Waals surface area contributed by atoms with Crippen molar-refractivity contribution in [3.05, 3.63) is 35.9 Å². The lowest BCUT2D eigenvalue weighted by Gasteiger charge is -2.26. The molecule has 12 N–H and O–H groups in total. The Balaban J connectivity index is 3.13. The minimum atomic E-state index is -1.18. The first-order valence-electron chi connectivity index (χ1n) is 13.1. The number of unbranched alkanes of at least 4 members (excludes halogenated alkanes) is 1. The number of nitrogens with two attached hydrogens (primary N) is 4. The normalized spacial score (nSPS) is 14.0. The summed E-state index contributed by atoms with van der Waals surface area (Å²) in [4.78, 5) is 54.9. The van der Waals surface area contributed by atoms with Gasteiger partial charge in [-0.2, -0.15) is 0 Å². The minimum absolute atomic E-state index is 0.0964. The number of aliphatic carboxylic acids is 1. The quantitative estimate of drug-likeness (QED) is 0.0632. The number of carboxylic acid groups (broad SMARTS) is 1. The summed E-state index contributed by atoms with van der Waals surface area (Å²) in [6.45, 7) is 4.20. The molecule has 0 spiro atoms. The lowest BCUT2D eigenvalue weighted by atomic mass is 10.0. The largest absolute Gasteiger partial charge is 0.480 e. The molecule has 0 bridgehead atoms. The number of hydrogen-bond donors (Lipinski definition) is 8. The van der Waals surface area contributed by atoms with Gasteiger partial charge in [-0.25, -0.2) is 4.79 Å². The van der Waals surface area contributed by atoms with Crippen molar-refractivity contribution in [1.29, 1.82) is 0 Å². The molecule has 39 heavy (non-hydrogen) atoms. The highest BCUT2D eigenvalue weighted by molar-refractivity contribution is 5.94. The number of carbonyl (C=O) groups is 4. The fourth-order valence-electron chi connectivity index (χ4n) is 3.70. The molecule has 0 radical (unpaired) electrons. The number of benzene rings is 1. The molecule has 0 aromatic heterocycles. The number of hydrogen-bond acceptors (Lipinski definition) is 7. The highest BCUT2D eigenvalue weighted by atomic mass is 16.4. The van der Waals surface area contributed by atoms with Gasteiger partial charge in [0.1, 0.15) is 18.1 Å². The summed E-state index contributed by atoms with van der Waals surface area (Å²) in [5.74, 6) is -3.23. The molecule has 0 heterocycles. The SMILES string of the molecule is CC(C)C(N)C(=O)NC(CCCN=C(N)N)C(=O)NC(Cc1ccccc1)C(=O)NC(CCCCN)C(=O)O. The van der Waals surface area contributed by atoms with Crippen molar-refractivity contribution in [1.82, 2.24) is 16.0 Å². The summed E-state index contributed by atoms with van der Waals surface area (Å²) in [6.07, 6.45) is 1.97. The van der Waals surface area contributed by atoms with Crippen LogP contribution in [0.15, 0.2) is 35.3 Å². The van der Waals surface area contributed by atoms with E-state index >= 15 is 0 Å². The maximum atomic E-state index is 13.4. The zero-order chi connectivity index (χ0) is 29.4. The number of carboxylic acids is 1. The number of amides is 3. The molecular formula is C26H44N8O5. The summed E-state index contributed by atoms with van der Waals surface area (Å²) in [5.41, 5.74) is 22.9. The van der Waals surface area contributed by atoms with Gasteiger partial charge in [0, 0.05) is 13.0 Å². The van der Waals surface area contributed by atoms with Crippen molar-refractivity contribution in [3.8, 4) is 0 Å². The van der Waals surface area contributed by atoms with E-state index in [0.717, 1.165) is 5.56 Å². The Hall–Kier alpha value is -3.71. The zero-order valence-corrected chi connectivity index (χ0v) is 22.8. The predicted molar refractivity (Wildman–Crippen MR) is 149 cm³/mol. The molecule has 0 saturated carbocycles. The van der Waals surface area contributed by atoms with Crippen molar-refractivity contribution in [2.45, 2.75) is 76.5 Å². The molecule has 0 aliphatic rings. The topological polar surface area (TPSA) is 241 Å². The van der Waals surface area contributed by atoms with Crippen LogP contribution in [0.3, 0.4) is 0 Å². The van der Waals surface area contributed by atoms with Crippen molar-refractivity contribution in [2.24, 2.45) is 33.8 Å². The maximum Gasteiger partial charge on any atom is 0.326 e. The number of carbonyl (C=O) groups excluding carboxylic acids is 3. The maximum absolute atomic E-state index is 13.4. The van der Waals surface area contributed by atoms with E-state index in [2.05, 4.69) is 20.9 Å². The second-order valence-electron chi connectivity index (χ2n) is 9.71. The Morgan fingerprint density at radius 3 is 1.97 bits per heavy atom. The van der Waals surface area contributed by atoms with Crippen LogP contribution in [0.2, 0.25) is 0 Å². The van der Waals surface area contributed by atoms with Gasteiger partial charge in [-0.1, -0.05) is 44.2 Å². The Bertz CT molecular complexity index is 953. The van der Waals surface area contributed by atoms with E-state index in [4.69, 9.17) is 22.9 Å². The van der Waals surface area contributed by atoms with Gasteiger partial charge >= 0.3 is 5.97 Å². The first kappa shape index (κ1) is 33.3.